The number of ether oxygens (including phenoxy) is 2. The molecule has 1 fully saturated rings. The summed E-state index contributed by atoms with van der Waals surface area (Å²) < 4.78 is 10.7. The Bertz CT molecular complexity index is 380. The molecule has 0 atom stereocenters. The lowest BCUT2D eigenvalue weighted by Gasteiger charge is -2.25. The summed E-state index contributed by atoms with van der Waals surface area (Å²) in [5.41, 5.74) is 0.528. The number of hydrogen-bond acceptors (Lipinski definition) is 3. The van der Waals surface area contributed by atoms with E-state index >= 15 is 0 Å². The number of carbonyl (C=O) groups is 1. The van der Waals surface area contributed by atoms with Crippen LogP contribution in [-0.2, 0) is 4.74 Å². The van der Waals surface area contributed by atoms with Crippen LogP contribution in [0.3, 0.4) is 0 Å². The average molecular weight is 176 g/mol. The molecule has 66 valence electrons. The van der Waals surface area contributed by atoms with E-state index in [0.29, 0.717) is 11.3 Å². The Kier molecular flexibility index (Phi) is 1.09. The van der Waals surface area contributed by atoms with Gasteiger partial charge in [-0.15, -0.1) is 0 Å². The highest BCUT2D eigenvalue weighted by Crippen LogP contribution is 2.45. The smallest absolute Gasteiger partial charge is 0.345 e. The summed E-state index contributed by atoms with van der Waals surface area (Å²) in [6, 6.07) is 7.17. The van der Waals surface area contributed by atoms with E-state index in [4.69, 9.17) is 9.47 Å². The van der Waals surface area contributed by atoms with Gasteiger partial charge in [-0.25, -0.2) is 4.79 Å². The molecule has 0 bridgehead atoms. The lowest BCUT2D eigenvalue weighted by Crippen LogP contribution is -2.31. The van der Waals surface area contributed by atoms with Crippen molar-refractivity contribution in [2.45, 2.75) is 18.6 Å². The monoisotopic (exact) mass is 176 g/mol. The zero-order valence-corrected chi connectivity index (χ0v) is 6.95. The Balaban J connectivity index is 2.10. The van der Waals surface area contributed by atoms with Gasteiger partial charge in [0.15, 0.2) is 0 Å². The van der Waals surface area contributed by atoms with Crippen molar-refractivity contribution in [3.63, 3.8) is 0 Å². The van der Waals surface area contributed by atoms with Crippen LogP contribution in [0, 0.1) is 0 Å². The molecule has 1 saturated carbocycles. The van der Waals surface area contributed by atoms with Crippen molar-refractivity contribution >= 4 is 5.97 Å². The third-order valence-electron chi connectivity index (χ3n) is 2.34. The van der Waals surface area contributed by atoms with E-state index in [0.717, 1.165) is 12.8 Å². The van der Waals surface area contributed by atoms with E-state index in [-0.39, 0.29) is 5.97 Å². The lowest BCUT2D eigenvalue weighted by molar-refractivity contribution is -0.0804. The van der Waals surface area contributed by atoms with Gasteiger partial charge in [0.1, 0.15) is 11.3 Å². The van der Waals surface area contributed by atoms with Crippen molar-refractivity contribution < 1.29 is 14.3 Å². The largest absolute Gasteiger partial charge is 0.451 e. The maximum absolute atomic E-state index is 11.4. The fourth-order valence-electron chi connectivity index (χ4n) is 1.48. The Morgan fingerprint density at radius 2 is 1.92 bits per heavy atom. The molecule has 3 nitrogen and oxygen atoms in total. The van der Waals surface area contributed by atoms with Gasteiger partial charge in [-0.05, 0) is 12.1 Å². The zero-order chi connectivity index (χ0) is 8.89. The van der Waals surface area contributed by atoms with E-state index in [1.54, 1.807) is 18.2 Å². The maximum atomic E-state index is 11.4. The summed E-state index contributed by atoms with van der Waals surface area (Å²) in [4.78, 5) is 11.4. The molecule has 0 N–H and O–H groups in total. The topological polar surface area (TPSA) is 35.5 Å². The Labute approximate surface area is 75.3 Å². The number of para-hydroxylation sites is 1. The van der Waals surface area contributed by atoms with E-state index in [2.05, 4.69) is 0 Å². The van der Waals surface area contributed by atoms with E-state index in [1.165, 1.54) is 0 Å². The van der Waals surface area contributed by atoms with Crippen molar-refractivity contribution in [1.82, 2.24) is 0 Å². The molecule has 1 aliphatic heterocycles. The van der Waals surface area contributed by atoms with E-state index in [9.17, 15) is 4.79 Å². The highest BCUT2D eigenvalue weighted by Gasteiger charge is 2.53. The summed E-state index contributed by atoms with van der Waals surface area (Å²) in [7, 11) is 0. The standard InChI is InChI=1S/C10H8O3/c11-9-7-3-1-2-4-8(7)12-10(13-9)5-6-10/h1-4H,5-6H2. The number of hydrogen-bond donors (Lipinski definition) is 0. The first-order chi connectivity index (χ1) is 6.29. The zero-order valence-electron chi connectivity index (χ0n) is 6.95. The van der Waals surface area contributed by atoms with Crippen molar-refractivity contribution in [2.24, 2.45) is 0 Å². The Morgan fingerprint density at radius 1 is 1.15 bits per heavy atom. The minimum absolute atomic E-state index is 0.264. The number of benzene rings is 1. The molecule has 0 radical (unpaired) electrons. The molecule has 13 heavy (non-hydrogen) atoms. The second-order valence-electron chi connectivity index (χ2n) is 3.40. The SMILES string of the molecule is O=C1OC2(CC2)Oc2ccccc21. The van der Waals surface area contributed by atoms with Crippen LogP contribution in [0.25, 0.3) is 0 Å². The van der Waals surface area contributed by atoms with Crippen molar-refractivity contribution in [3.05, 3.63) is 29.8 Å². The summed E-state index contributed by atoms with van der Waals surface area (Å²) >= 11 is 0. The first-order valence-corrected chi connectivity index (χ1v) is 4.31. The molecule has 3 rings (SSSR count). The highest BCUT2D eigenvalue weighted by atomic mass is 16.7. The molecular formula is C10H8O3. The molecule has 1 heterocycles. The van der Waals surface area contributed by atoms with Gasteiger partial charge < -0.3 is 9.47 Å². The van der Waals surface area contributed by atoms with Crippen molar-refractivity contribution in [3.8, 4) is 5.75 Å². The van der Waals surface area contributed by atoms with Crippen LogP contribution < -0.4 is 4.74 Å². The summed E-state index contributed by atoms with van der Waals surface area (Å²) in [6.07, 6.45) is 1.63. The van der Waals surface area contributed by atoms with Crippen molar-refractivity contribution in [2.75, 3.05) is 0 Å². The third-order valence-corrected chi connectivity index (χ3v) is 2.34. The fourth-order valence-corrected chi connectivity index (χ4v) is 1.48. The van der Waals surface area contributed by atoms with E-state index in [1.807, 2.05) is 6.07 Å². The molecule has 2 aliphatic rings. The van der Waals surface area contributed by atoms with Crippen LogP contribution in [0.5, 0.6) is 5.75 Å². The summed E-state index contributed by atoms with van der Waals surface area (Å²) in [5, 5.41) is 0. The number of rotatable bonds is 0. The fraction of sp³-hybridized carbons (Fsp3) is 0.300. The maximum Gasteiger partial charge on any atom is 0.345 e. The Hall–Kier alpha value is -1.51. The van der Waals surface area contributed by atoms with Gasteiger partial charge in [0, 0.05) is 12.8 Å². The predicted molar refractivity (Wildman–Crippen MR) is 44.5 cm³/mol. The van der Waals surface area contributed by atoms with Crippen LogP contribution in [0.15, 0.2) is 24.3 Å². The molecule has 1 aromatic carbocycles. The number of fused-ring (bicyclic) bond motifs is 1. The van der Waals surface area contributed by atoms with Crippen molar-refractivity contribution in [1.29, 1.82) is 0 Å². The van der Waals surface area contributed by atoms with Gasteiger partial charge >= 0.3 is 5.97 Å². The predicted octanol–water partition coefficient (Wildman–Crippen LogP) is 1.73. The molecule has 1 aromatic rings. The molecule has 1 spiro atoms. The summed E-state index contributed by atoms with van der Waals surface area (Å²) in [5.74, 6) is -0.221. The minimum Gasteiger partial charge on any atom is -0.451 e. The molecular weight excluding hydrogens is 168 g/mol. The van der Waals surface area contributed by atoms with Crippen LogP contribution in [0.4, 0.5) is 0 Å². The first-order valence-electron chi connectivity index (χ1n) is 4.31. The normalized spacial score (nSPS) is 21.7. The van der Waals surface area contributed by atoms with Crippen LogP contribution >= 0.6 is 0 Å². The van der Waals surface area contributed by atoms with Gasteiger partial charge in [0.2, 0.25) is 0 Å². The molecule has 1 aliphatic carbocycles. The highest BCUT2D eigenvalue weighted by molar-refractivity contribution is 5.93. The molecule has 0 aromatic heterocycles. The lowest BCUT2D eigenvalue weighted by atomic mass is 10.2. The quantitative estimate of drug-likeness (QED) is 0.564. The van der Waals surface area contributed by atoms with Gasteiger partial charge in [-0.1, -0.05) is 12.1 Å². The van der Waals surface area contributed by atoms with Crippen LogP contribution in [-0.4, -0.2) is 11.8 Å². The molecule has 3 heteroatoms. The molecule has 0 amide bonds. The van der Waals surface area contributed by atoms with Gasteiger partial charge in [0.25, 0.3) is 5.79 Å². The number of esters is 1. The van der Waals surface area contributed by atoms with Crippen LogP contribution in [0.2, 0.25) is 0 Å². The van der Waals surface area contributed by atoms with Gasteiger partial charge in [0.05, 0.1) is 0 Å². The average Bonchev–Trinajstić information content (AvgIpc) is 2.85. The van der Waals surface area contributed by atoms with Gasteiger partial charge in [-0.3, -0.25) is 0 Å². The third kappa shape index (κ3) is 0.932. The molecule has 0 unspecified atom stereocenters. The second-order valence-corrected chi connectivity index (χ2v) is 3.40. The Morgan fingerprint density at radius 3 is 2.69 bits per heavy atom. The molecule has 0 saturated heterocycles. The van der Waals surface area contributed by atoms with Crippen LogP contribution in [0.1, 0.15) is 23.2 Å². The summed E-state index contributed by atoms with van der Waals surface area (Å²) in [6.45, 7) is 0. The second kappa shape index (κ2) is 2.05. The minimum atomic E-state index is -0.606. The first kappa shape index (κ1) is 6.95. The van der Waals surface area contributed by atoms with Gasteiger partial charge in [-0.2, -0.15) is 0 Å². The van der Waals surface area contributed by atoms with E-state index < -0.39 is 5.79 Å². The number of carbonyl (C=O) groups excluding carboxylic acids is 1.